The van der Waals surface area contributed by atoms with Gasteiger partial charge in [0.05, 0.1) is 0 Å². The standard InChI is InChI=1S/C15H26/c1(2-5-11-15-12-13-15)4-8-14-9-6-3-7-10-14/h1-2,14-15H,3-13H2/b2-1+. The van der Waals surface area contributed by atoms with Crippen LogP contribution in [0.15, 0.2) is 12.2 Å². The Labute approximate surface area is 95.1 Å². The van der Waals surface area contributed by atoms with Gasteiger partial charge in [0.15, 0.2) is 0 Å². The average molecular weight is 206 g/mol. The lowest BCUT2D eigenvalue weighted by molar-refractivity contribution is 0.341. The van der Waals surface area contributed by atoms with Crippen LogP contribution in [0.25, 0.3) is 0 Å². The van der Waals surface area contributed by atoms with E-state index in [0.717, 1.165) is 11.8 Å². The predicted molar refractivity (Wildman–Crippen MR) is 66.9 cm³/mol. The number of hydrogen-bond acceptors (Lipinski definition) is 0. The van der Waals surface area contributed by atoms with E-state index in [1.54, 1.807) is 0 Å². The molecule has 0 bridgehead atoms. The Kier molecular flexibility index (Phi) is 4.76. The molecule has 0 saturated heterocycles. The van der Waals surface area contributed by atoms with Gasteiger partial charge in [-0.1, -0.05) is 57.1 Å². The lowest BCUT2D eigenvalue weighted by Crippen LogP contribution is -2.05. The molecule has 86 valence electrons. The maximum atomic E-state index is 2.44. The van der Waals surface area contributed by atoms with Crippen LogP contribution in [0.4, 0.5) is 0 Å². The minimum absolute atomic E-state index is 1.06. The molecule has 0 aromatic rings. The Morgan fingerprint density at radius 2 is 1.20 bits per heavy atom. The molecule has 0 amide bonds. The van der Waals surface area contributed by atoms with E-state index < -0.39 is 0 Å². The van der Waals surface area contributed by atoms with E-state index in [1.807, 2.05) is 0 Å². The summed E-state index contributed by atoms with van der Waals surface area (Å²) in [6.45, 7) is 0. The summed E-state index contributed by atoms with van der Waals surface area (Å²) in [5.74, 6) is 2.17. The highest BCUT2D eigenvalue weighted by Gasteiger charge is 2.19. The summed E-state index contributed by atoms with van der Waals surface area (Å²) in [5.41, 5.74) is 0. The molecule has 0 heteroatoms. The van der Waals surface area contributed by atoms with E-state index in [1.165, 1.54) is 70.6 Å². The van der Waals surface area contributed by atoms with Gasteiger partial charge in [-0.25, -0.2) is 0 Å². The van der Waals surface area contributed by atoms with Gasteiger partial charge in [0.25, 0.3) is 0 Å². The summed E-state index contributed by atoms with van der Waals surface area (Å²) >= 11 is 0. The van der Waals surface area contributed by atoms with Crippen molar-refractivity contribution >= 4 is 0 Å². The van der Waals surface area contributed by atoms with Crippen LogP contribution in [0, 0.1) is 11.8 Å². The third-order valence-corrected chi connectivity index (χ3v) is 4.07. The molecule has 0 radical (unpaired) electrons. The van der Waals surface area contributed by atoms with E-state index in [9.17, 15) is 0 Å². The minimum atomic E-state index is 1.06. The predicted octanol–water partition coefficient (Wildman–Crippen LogP) is 5.09. The highest BCUT2D eigenvalue weighted by molar-refractivity contribution is 4.85. The third-order valence-electron chi connectivity index (χ3n) is 4.07. The van der Waals surface area contributed by atoms with Crippen LogP contribution in [0.1, 0.15) is 70.6 Å². The van der Waals surface area contributed by atoms with Gasteiger partial charge in [-0.3, -0.25) is 0 Å². The van der Waals surface area contributed by atoms with Crippen molar-refractivity contribution in [2.45, 2.75) is 70.6 Å². The van der Waals surface area contributed by atoms with Crippen LogP contribution in [0.5, 0.6) is 0 Å². The van der Waals surface area contributed by atoms with Crippen LogP contribution in [0.2, 0.25) is 0 Å². The fraction of sp³-hybridized carbons (Fsp3) is 0.867. The van der Waals surface area contributed by atoms with Gasteiger partial charge in [-0.15, -0.1) is 0 Å². The van der Waals surface area contributed by atoms with E-state index in [4.69, 9.17) is 0 Å². The summed E-state index contributed by atoms with van der Waals surface area (Å²) < 4.78 is 0. The van der Waals surface area contributed by atoms with Crippen LogP contribution < -0.4 is 0 Å². The van der Waals surface area contributed by atoms with Gasteiger partial charge < -0.3 is 0 Å². The second-order valence-corrected chi connectivity index (χ2v) is 5.57. The van der Waals surface area contributed by atoms with Gasteiger partial charge in [-0.05, 0) is 37.5 Å². The highest BCUT2D eigenvalue weighted by Crippen LogP contribution is 2.33. The second kappa shape index (κ2) is 6.35. The van der Waals surface area contributed by atoms with Gasteiger partial charge in [0.1, 0.15) is 0 Å². The number of rotatable bonds is 6. The molecule has 0 N–H and O–H groups in total. The summed E-state index contributed by atoms with van der Waals surface area (Å²) in [7, 11) is 0. The van der Waals surface area contributed by atoms with Crippen LogP contribution >= 0.6 is 0 Å². The van der Waals surface area contributed by atoms with Gasteiger partial charge in [-0.2, -0.15) is 0 Å². The van der Waals surface area contributed by atoms with Crippen molar-refractivity contribution in [3.63, 3.8) is 0 Å². The van der Waals surface area contributed by atoms with E-state index in [-0.39, 0.29) is 0 Å². The molecule has 2 aliphatic rings. The molecule has 2 rings (SSSR count). The molecule has 2 saturated carbocycles. The molecule has 0 heterocycles. The SMILES string of the molecule is C(=C\CCC1CC1)/CCC1CCCCC1. The first kappa shape index (κ1) is 11.2. The Morgan fingerprint density at radius 1 is 0.667 bits per heavy atom. The fourth-order valence-electron chi connectivity index (χ4n) is 2.78. The lowest BCUT2D eigenvalue weighted by atomic mass is 9.86. The van der Waals surface area contributed by atoms with E-state index >= 15 is 0 Å². The summed E-state index contributed by atoms with van der Waals surface area (Å²) in [5, 5.41) is 0. The summed E-state index contributed by atoms with van der Waals surface area (Å²) in [6.07, 6.45) is 21.0. The summed E-state index contributed by atoms with van der Waals surface area (Å²) in [6, 6.07) is 0. The molecule has 0 aromatic heterocycles. The van der Waals surface area contributed by atoms with E-state index in [2.05, 4.69) is 12.2 Å². The van der Waals surface area contributed by atoms with E-state index in [0.29, 0.717) is 0 Å². The Hall–Kier alpha value is -0.260. The monoisotopic (exact) mass is 206 g/mol. The smallest absolute Gasteiger partial charge is 0.0348 e. The van der Waals surface area contributed by atoms with Crippen molar-refractivity contribution in [3.05, 3.63) is 12.2 Å². The van der Waals surface area contributed by atoms with Crippen molar-refractivity contribution in [1.82, 2.24) is 0 Å². The zero-order chi connectivity index (χ0) is 10.3. The lowest BCUT2D eigenvalue weighted by Gasteiger charge is -2.20. The first-order valence-corrected chi connectivity index (χ1v) is 7.10. The van der Waals surface area contributed by atoms with Crippen molar-refractivity contribution in [2.24, 2.45) is 11.8 Å². The minimum Gasteiger partial charge on any atom is -0.0885 e. The Balaban J connectivity index is 1.45. The first-order valence-electron chi connectivity index (χ1n) is 7.10. The van der Waals surface area contributed by atoms with Gasteiger partial charge >= 0.3 is 0 Å². The van der Waals surface area contributed by atoms with Crippen LogP contribution in [-0.4, -0.2) is 0 Å². The fourth-order valence-corrected chi connectivity index (χ4v) is 2.78. The third kappa shape index (κ3) is 4.86. The van der Waals surface area contributed by atoms with Crippen molar-refractivity contribution in [3.8, 4) is 0 Å². The largest absolute Gasteiger partial charge is 0.0885 e. The molecule has 0 atom stereocenters. The first-order chi connectivity index (χ1) is 7.45. The van der Waals surface area contributed by atoms with Crippen molar-refractivity contribution in [2.75, 3.05) is 0 Å². The number of hydrogen-bond donors (Lipinski definition) is 0. The molecule has 2 fully saturated rings. The second-order valence-electron chi connectivity index (χ2n) is 5.57. The molecule has 0 spiro atoms. The topological polar surface area (TPSA) is 0 Å². The Morgan fingerprint density at radius 3 is 1.73 bits per heavy atom. The molecule has 0 nitrogen and oxygen atoms in total. The van der Waals surface area contributed by atoms with Crippen LogP contribution in [0.3, 0.4) is 0 Å². The maximum Gasteiger partial charge on any atom is -0.0348 e. The maximum absolute atomic E-state index is 2.44. The molecule has 0 aliphatic heterocycles. The molecule has 0 aromatic carbocycles. The molecule has 0 unspecified atom stereocenters. The quantitative estimate of drug-likeness (QED) is 0.531. The molecular weight excluding hydrogens is 180 g/mol. The normalized spacial score (nSPS) is 23.7. The van der Waals surface area contributed by atoms with Crippen LogP contribution in [-0.2, 0) is 0 Å². The Bertz CT molecular complexity index is 182. The average Bonchev–Trinajstić information content (AvgIpc) is 3.09. The van der Waals surface area contributed by atoms with Crippen molar-refractivity contribution in [1.29, 1.82) is 0 Å². The van der Waals surface area contributed by atoms with Crippen molar-refractivity contribution < 1.29 is 0 Å². The zero-order valence-electron chi connectivity index (χ0n) is 10.1. The zero-order valence-corrected chi connectivity index (χ0v) is 10.1. The van der Waals surface area contributed by atoms with Gasteiger partial charge in [0.2, 0.25) is 0 Å². The number of allylic oxidation sites excluding steroid dienone is 2. The summed E-state index contributed by atoms with van der Waals surface area (Å²) in [4.78, 5) is 0. The molecule has 2 aliphatic carbocycles. The van der Waals surface area contributed by atoms with Gasteiger partial charge in [0, 0.05) is 0 Å². The molecule has 15 heavy (non-hydrogen) atoms. The molecular formula is C15H26. The highest BCUT2D eigenvalue weighted by atomic mass is 14.2.